The molecule has 1 saturated carbocycles. The van der Waals surface area contributed by atoms with Gasteiger partial charge in [0.25, 0.3) is 5.91 Å². The molecule has 4 N–H and O–H groups in total. The first kappa shape index (κ1) is 12.3. The van der Waals surface area contributed by atoms with Crippen LogP contribution in [0.25, 0.3) is 0 Å². The van der Waals surface area contributed by atoms with Gasteiger partial charge >= 0.3 is 0 Å². The topological polar surface area (TPSA) is 81.6 Å². The summed E-state index contributed by atoms with van der Waals surface area (Å²) >= 11 is 0. The Bertz CT molecular complexity index is 503. The third kappa shape index (κ3) is 2.14. The Kier molecular flexibility index (Phi) is 3.06. The summed E-state index contributed by atoms with van der Waals surface area (Å²) in [5, 5.41) is 0. The van der Waals surface area contributed by atoms with Gasteiger partial charge in [0.05, 0.1) is 11.7 Å². The summed E-state index contributed by atoms with van der Waals surface area (Å²) in [6.07, 6.45) is 4.16. The Balaban J connectivity index is 2.00. The van der Waals surface area contributed by atoms with E-state index in [2.05, 4.69) is 0 Å². The van der Waals surface area contributed by atoms with E-state index in [1.165, 1.54) is 0 Å². The van der Waals surface area contributed by atoms with Crippen LogP contribution in [0.5, 0.6) is 5.75 Å². The van der Waals surface area contributed by atoms with Crippen molar-refractivity contribution in [3.05, 3.63) is 18.2 Å². The first-order chi connectivity index (χ1) is 9.16. The van der Waals surface area contributed by atoms with Gasteiger partial charge < -0.3 is 21.1 Å². The SMILES string of the molecule is Nc1ccc2c(c1)N(C1CCCCC1N)C(=O)CO2. The van der Waals surface area contributed by atoms with Gasteiger partial charge in [-0.3, -0.25) is 4.79 Å². The number of rotatable bonds is 1. The maximum absolute atomic E-state index is 12.2. The average molecular weight is 261 g/mol. The molecule has 19 heavy (non-hydrogen) atoms. The highest BCUT2D eigenvalue weighted by atomic mass is 16.5. The third-order valence-electron chi connectivity index (χ3n) is 3.98. The van der Waals surface area contributed by atoms with Gasteiger partial charge in [0, 0.05) is 11.7 Å². The van der Waals surface area contributed by atoms with Crippen LogP contribution >= 0.6 is 0 Å². The van der Waals surface area contributed by atoms with Crippen LogP contribution < -0.4 is 21.1 Å². The molecule has 1 aliphatic heterocycles. The molecule has 1 fully saturated rings. The summed E-state index contributed by atoms with van der Waals surface area (Å²) in [6, 6.07) is 5.50. The Hall–Kier alpha value is -1.75. The minimum atomic E-state index is -0.0274. The van der Waals surface area contributed by atoms with E-state index in [9.17, 15) is 4.79 Å². The zero-order chi connectivity index (χ0) is 13.4. The Morgan fingerprint density at radius 2 is 2.05 bits per heavy atom. The second-order valence-corrected chi connectivity index (χ2v) is 5.30. The fourth-order valence-corrected chi connectivity index (χ4v) is 3.01. The van der Waals surface area contributed by atoms with Gasteiger partial charge in [-0.25, -0.2) is 0 Å². The fraction of sp³-hybridized carbons (Fsp3) is 0.500. The van der Waals surface area contributed by atoms with Crippen molar-refractivity contribution in [2.75, 3.05) is 17.2 Å². The lowest BCUT2D eigenvalue weighted by Crippen LogP contribution is -2.54. The Labute approximate surface area is 112 Å². The number of fused-ring (bicyclic) bond motifs is 1. The summed E-state index contributed by atoms with van der Waals surface area (Å²) < 4.78 is 5.46. The highest BCUT2D eigenvalue weighted by Gasteiger charge is 2.36. The van der Waals surface area contributed by atoms with E-state index in [0.717, 1.165) is 31.4 Å². The van der Waals surface area contributed by atoms with E-state index in [1.807, 2.05) is 6.07 Å². The van der Waals surface area contributed by atoms with E-state index < -0.39 is 0 Å². The van der Waals surface area contributed by atoms with Crippen molar-refractivity contribution >= 4 is 17.3 Å². The molecule has 1 aromatic carbocycles. The maximum atomic E-state index is 12.2. The predicted molar refractivity (Wildman–Crippen MR) is 74.1 cm³/mol. The molecule has 0 aromatic heterocycles. The van der Waals surface area contributed by atoms with Gasteiger partial charge in [-0.2, -0.15) is 0 Å². The summed E-state index contributed by atoms with van der Waals surface area (Å²) in [5.41, 5.74) is 13.4. The minimum absolute atomic E-state index is 0.0274. The number of hydrogen-bond donors (Lipinski definition) is 2. The molecule has 3 rings (SSSR count). The van der Waals surface area contributed by atoms with Crippen molar-refractivity contribution in [3.63, 3.8) is 0 Å². The Morgan fingerprint density at radius 3 is 2.84 bits per heavy atom. The first-order valence-corrected chi connectivity index (χ1v) is 6.77. The molecule has 0 radical (unpaired) electrons. The zero-order valence-electron chi connectivity index (χ0n) is 10.8. The second kappa shape index (κ2) is 4.74. The molecule has 1 amide bonds. The van der Waals surface area contributed by atoms with E-state index in [1.54, 1.807) is 17.0 Å². The van der Waals surface area contributed by atoms with Gasteiger partial charge in [-0.1, -0.05) is 12.8 Å². The predicted octanol–water partition coefficient (Wildman–Crippen LogP) is 1.26. The summed E-state index contributed by atoms with van der Waals surface area (Å²) in [5.74, 6) is 0.687. The number of anilines is 2. The quantitative estimate of drug-likeness (QED) is 0.746. The molecule has 0 saturated heterocycles. The molecule has 2 aliphatic rings. The van der Waals surface area contributed by atoms with Crippen LogP contribution in [0.1, 0.15) is 25.7 Å². The molecule has 0 spiro atoms. The molecule has 1 aliphatic carbocycles. The van der Waals surface area contributed by atoms with Crippen molar-refractivity contribution in [1.82, 2.24) is 0 Å². The zero-order valence-corrected chi connectivity index (χ0v) is 10.8. The number of nitrogens with zero attached hydrogens (tertiary/aromatic N) is 1. The smallest absolute Gasteiger partial charge is 0.265 e. The molecule has 102 valence electrons. The third-order valence-corrected chi connectivity index (χ3v) is 3.98. The average Bonchev–Trinajstić information content (AvgIpc) is 2.40. The number of nitrogens with two attached hydrogens (primary N) is 2. The molecule has 1 aromatic rings. The Morgan fingerprint density at radius 1 is 1.26 bits per heavy atom. The normalized spacial score (nSPS) is 26.8. The first-order valence-electron chi connectivity index (χ1n) is 6.77. The van der Waals surface area contributed by atoms with Crippen LogP contribution in [0.2, 0.25) is 0 Å². The molecule has 2 atom stereocenters. The minimum Gasteiger partial charge on any atom is -0.482 e. The molecule has 2 unspecified atom stereocenters. The molecule has 0 bridgehead atoms. The number of benzene rings is 1. The largest absolute Gasteiger partial charge is 0.482 e. The number of carbonyl (C=O) groups is 1. The number of hydrogen-bond acceptors (Lipinski definition) is 4. The summed E-state index contributed by atoms with van der Waals surface area (Å²) in [4.78, 5) is 14.0. The van der Waals surface area contributed by atoms with E-state index >= 15 is 0 Å². The second-order valence-electron chi connectivity index (χ2n) is 5.30. The molecular weight excluding hydrogens is 242 g/mol. The van der Waals surface area contributed by atoms with Crippen molar-refractivity contribution in [3.8, 4) is 5.75 Å². The maximum Gasteiger partial charge on any atom is 0.265 e. The molecular formula is C14H19N3O2. The van der Waals surface area contributed by atoms with Crippen molar-refractivity contribution < 1.29 is 9.53 Å². The van der Waals surface area contributed by atoms with Crippen LogP contribution in [0.15, 0.2) is 18.2 Å². The van der Waals surface area contributed by atoms with Crippen molar-refractivity contribution in [1.29, 1.82) is 0 Å². The molecule has 5 nitrogen and oxygen atoms in total. The lowest BCUT2D eigenvalue weighted by molar-refractivity contribution is -0.122. The van der Waals surface area contributed by atoms with Gasteiger partial charge in [-0.05, 0) is 31.0 Å². The van der Waals surface area contributed by atoms with E-state index in [-0.39, 0.29) is 24.6 Å². The van der Waals surface area contributed by atoms with Crippen molar-refractivity contribution in [2.45, 2.75) is 37.8 Å². The van der Waals surface area contributed by atoms with E-state index in [0.29, 0.717) is 11.4 Å². The van der Waals surface area contributed by atoms with Crippen LogP contribution in [0, 0.1) is 0 Å². The van der Waals surface area contributed by atoms with Gasteiger partial charge in [0.2, 0.25) is 0 Å². The fourth-order valence-electron chi connectivity index (χ4n) is 3.01. The standard InChI is InChI=1S/C14H19N3O2/c15-9-5-6-13-12(7-9)17(14(18)8-19-13)11-4-2-1-3-10(11)16/h5-7,10-11H,1-4,8,15-16H2. The lowest BCUT2D eigenvalue weighted by Gasteiger charge is -2.40. The summed E-state index contributed by atoms with van der Waals surface area (Å²) in [6.45, 7) is 0.0835. The highest BCUT2D eigenvalue weighted by molar-refractivity contribution is 5.99. The van der Waals surface area contributed by atoms with Crippen LogP contribution in [0.3, 0.4) is 0 Å². The van der Waals surface area contributed by atoms with Crippen LogP contribution in [-0.2, 0) is 4.79 Å². The van der Waals surface area contributed by atoms with Crippen molar-refractivity contribution in [2.24, 2.45) is 5.73 Å². The lowest BCUT2D eigenvalue weighted by atomic mass is 9.89. The number of carbonyl (C=O) groups excluding carboxylic acids is 1. The summed E-state index contributed by atoms with van der Waals surface area (Å²) in [7, 11) is 0. The molecule has 1 heterocycles. The molecule has 5 heteroatoms. The van der Waals surface area contributed by atoms with Crippen LogP contribution in [-0.4, -0.2) is 24.6 Å². The van der Waals surface area contributed by atoms with Gasteiger partial charge in [-0.15, -0.1) is 0 Å². The van der Waals surface area contributed by atoms with Gasteiger partial charge in [0.15, 0.2) is 6.61 Å². The van der Waals surface area contributed by atoms with Crippen LogP contribution in [0.4, 0.5) is 11.4 Å². The highest BCUT2D eigenvalue weighted by Crippen LogP contribution is 2.37. The number of amides is 1. The number of nitrogen functional groups attached to an aromatic ring is 1. The monoisotopic (exact) mass is 261 g/mol. The van der Waals surface area contributed by atoms with Gasteiger partial charge in [0.1, 0.15) is 5.75 Å². The van der Waals surface area contributed by atoms with E-state index in [4.69, 9.17) is 16.2 Å². The number of ether oxygens (including phenoxy) is 1.